The SMILES string of the molecule is COc1cc(Cl)c(C(Cl)c2cccc(F)c2F)cc1OC. The summed E-state index contributed by atoms with van der Waals surface area (Å²) in [6.45, 7) is 0. The van der Waals surface area contributed by atoms with Crippen LogP contribution in [0.15, 0.2) is 30.3 Å². The molecule has 21 heavy (non-hydrogen) atoms. The van der Waals surface area contributed by atoms with Crippen LogP contribution in [0.2, 0.25) is 5.02 Å². The van der Waals surface area contributed by atoms with Gasteiger partial charge >= 0.3 is 0 Å². The van der Waals surface area contributed by atoms with Crippen molar-refractivity contribution < 1.29 is 18.3 Å². The largest absolute Gasteiger partial charge is 0.493 e. The summed E-state index contributed by atoms with van der Waals surface area (Å²) < 4.78 is 37.4. The van der Waals surface area contributed by atoms with Crippen molar-refractivity contribution >= 4 is 23.2 Å². The van der Waals surface area contributed by atoms with E-state index in [1.165, 1.54) is 32.4 Å². The number of methoxy groups -OCH3 is 2. The van der Waals surface area contributed by atoms with Gasteiger partial charge in [-0.2, -0.15) is 0 Å². The molecule has 2 aromatic carbocycles. The van der Waals surface area contributed by atoms with Crippen LogP contribution < -0.4 is 9.47 Å². The van der Waals surface area contributed by atoms with E-state index in [9.17, 15) is 8.78 Å². The second-order valence-electron chi connectivity index (χ2n) is 4.23. The van der Waals surface area contributed by atoms with Gasteiger partial charge in [-0.1, -0.05) is 23.7 Å². The van der Waals surface area contributed by atoms with Crippen molar-refractivity contribution in [2.75, 3.05) is 14.2 Å². The molecule has 0 heterocycles. The molecule has 0 saturated heterocycles. The number of benzene rings is 2. The maximum Gasteiger partial charge on any atom is 0.163 e. The summed E-state index contributed by atoms with van der Waals surface area (Å²) in [5.74, 6) is -1.13. The quantitative estimate of drug-likeness (QED) is 0.736. The Morgan fingerprint density at radius 1 is 1.00 bits per heavy atom. The minimum atomic E-state index is -0.997. The number of alkyl halides is 1. The maximum atomic E-state index is 13.8. The first-order chi connectivity index (χ1) is 9.99. The van der Waals surface area contributed by atoms with Crippen molar-refractivity contribution in [2.45, 2.75) is 5.38 Å². The van der Waals surface area contributed by atoms with Crippen molar-refractivity contribution in [1.29, 1.82) is 0 Å². The van der Waals surface area contributed by atoms with Gasteiger partial charge in [0.15, 0.2) is 23.1 Å². The van der Waals surface area contributed by atoms with Crippen LogP contribution in [-0.4, -0.2) is 14.2 Å². The van der Waals surface area contributed by atoms with Crippen molar-refractivity contribution in [1.82, 2.24) is 0 Å². The average Bonchev–Trinajstić information content (AvgIpc) is 2.49. The zero-order valence-electron chi connectivity index (χ0n) is 11.3. The van der Waals surface area contributed by atoms with Crippen LogP contribution in [-0.2, 0) is 0 Å². The molecule has 1 atom stereocenters. The highest BCUT2D eigenvalue weighted by molar-refractivity contribution is 6.33. The van der Waals surface area contributed by atoms with Gasteiger partial charge in [0.25, 0.3) is 0 Å². The van der Waals surface area contributed by atoms with E-state index in [0.717, 1.165) is 6.07 Å². The lowest BCUT2D eigenvalue weighted by Gasteiger charge is -2.16. The first kappa shape index (κ1) is 15.9. The fourth-order valence-electron chi connectivity index (χ4n) is 1.95. The molecule has 0 amide bonds. The highest BCUT2D eigenvalue weighted by atomic mass is 35.5. The Morgan fingerprint density at radius 3 is 2.24 bits per heavy atom. The van der Waals surface area contributed by atoms with Crippen LogP contribution in [0.4, 0.5) is 8.78 Å². The van der Waals surface area contributed by atoms with E-state index in [2.05, 4.69) is 0 Å². The topological polar surface area (TPSA) is 18.5 Å². The average molecular weight is 333 g/mol. The summed E-state index contributed by atoms with van der Waals surface area (Å²) in [5.41, 5.74) is 0.409. The van der Waals surface area contributed by atoms with Gasteiger partial charge in [0.2, 0.25) is 0 Å². The van der Waals surface area contributed by atoms with Crippen LogP contribution in [0.5, 0.6) is 11.5 Å². The van der Waals surface area contributed by atoms with E-state index in [1.807, 2.05) is 0 Å². The molecule has 0 saturated carbocycles. The molecule has 0 N–H and O–H groups in total. The molecular formula is C15H12Cl2F2O2. The van der Waals surface area contributed by atoms with Gasteiger partial charge in [-0.3, -0.25) is 0 Å². The number of rotatable bonds is 4. The minimum absolute atomic E-state index is 0.00536. The lowest BCUT2D eigenvalue weighted by Crippen LogP contribution is -2.01. The van der Waals surface area contributed by atoms with Gasteiger partial charge in [0, 0.05) is 16.7 Å². The molecule has 0 aliphatic heterocycles. The first-order valence-electron chi connectivity index (χ1n) is 5.99. The van der Waals surface area contributed by atoms with E-state index >= 15 is 0 Å². The van der Waals surface area contributed by atoms with E-state index in [1.54, 1.807) is 6.07 Å². The zero-order chi connectivity index (χ0) is 15.6. The molecule has 2 aromatic rings. The van der Waals surface area contributed by atoms with Crippen molar-refractivity contribution in [2.24, 2.45) is 0 Å². The summed E-state index contributed by atoms with van der Waals surface area (Å²) in [4.78, 5) is 0. The predicted octanol–water partition coefficient (Wildman–Crippen LogP) is 4.96. The van der Waals surface area contributed by atoms with Gasteiger partial charge in [-0.05, 0) is 17.7 Å². The van der Waals surface area contributed by atoms with E-state index in [0.29, 0.717) is 17.1 Å². The molecular weight excluding hydrogens is 321 g/mol. The predicted molar refractivity (Wildman–Crippen MR) is 78.6 cm³/mol. The van der Waals surface area contributed by atoms with Crippen LogP contribution in [0, 0.1) is 11.6 Å². The Morgan fingerprint density at radius 2 is 1.62 bits per heavy atom. The van der Waals surface area contributed by atoms with Crippen molar-refractivity contribution in [3.63, 3.8) is 0 Å². The molecule has 112 valence electrons. The number of halogens is 4. The van der Waals surface area contributed by atoms with Crippen LogP contribution >= 0.6 is 23.2 Å². The highest BCUT2D eigenvalue weighted by Gasteiger charge is 2.22. The lowest BCUT2D eigenvalue weighted by molar-refractivity contribution is 0.354. The highest BCUT2D eigenvalue weighted by Crippen LogP contribution is 2.41. The molecule has 6 heteroatoms. The Kier molecular flexibility index (Phi) is 4.91. The third-order valence-electron chi connectivity index (χ3n) is 3.03. The molecule has 0 bridgehead atoms. The van der Waals surface area contributed by atoms with Crippen molar-refractivity contribution in [3.8, 4) is 11.5 Å². The normalized spacial score (nSPS) is 12.1. The molecule has 0 spiro atoms. The molecule has 2 nitrogen and oxygen atoms in total. The van der Waals surface area contributed by atoms with Crippen LogP contribution in [0.3, 0.4) is 0 Å². The number of hydrogen-bond acceptors (Lipinski definition) is 2. The van der Waals surface area contributed by atoms with E-state index < -0.39 is 17.0 Å². The van der Waals surface area contributed by atoms with E-state index in [4.69, 9.17) is 32.7 Å². The molecule has 0 fully saturated rings. The molecule has 1 unspecified atom stereocenters. The van der Waals surface area contributed by atoms with Gasteiger partial charge in [-0.15, -0.1) is 11.6 Å². The van der Waals surface area contributed by atoms with Gasteiger partial charge in [0.05, 0.1) is 19.6 Å². The molecule has 0 radical (unpaired) electrons. The van der Waals surface area contributed by atoms with Crippen LogP contribution in [0.1, 0.15) is 16.5 Å². The standard InChI is InChI=1S/C15H12Cl2F2O2/c1-20-12-6-9(10(16)7-13(12)21-2)14(17)8-4-3-5-11(18)15(8)19/h3-7,14H,1-2H3. The molecule has 0 aromatic heterocycles. The second-order valence-corrected chi connectivity index (χ2v) is 5.08. The zero-order valence-corrected chi connectivity index (χ0v) is 12.8. The summed E-state index contributed by atoms with van der Waals surface area (Å²) in [7, 11) is 2.93. The molecule has 0 aliphatic carbocycles. The molecule has 0 aliphatic rings. The summed E-state index contributed by atoms with van der Waals surface area (Å²) in [6, 6.07) is 6.88. The monoisotopic (exact) mass is 332 g/mol. The maximum absolute atomic E-state index is 13.8. The Balaban J connectivity index is 2.53. The third-order valence-corrected chi connectivity index (χ3v) is 3.83. The Hall–Kier alpha value is -1.52. The minimum Gasteiger partial charge on any atom is -0.493 e. The smallest absolute Gasteiger partial charge is 0.163 e. The Labute approximate surface area is 131 Å². The second kappa shape index (κ2) is 6.50. The first-order valence-corrected chi connectivity index (χ1v) is 6.80. The number of hydrogen-bond donors (Lipinski definition) is 0. The summed E-state index contributed by atoms with van der Waals surface area (Å²) in [5, 5.41) is -0.677. The van der Waals surface area contributed by atoms with Gasteiger partial charge in [-0.25, -0.2) is 8.78 Å². The fourth-order valence-corrected chi connectivity index (χ4v) is 2.62. The Bertz CT molecular complexity index is 662. The number of ether oxygens (including phenoxy) is 2. The fraction of sp³-hybridized carbons (Fsp3) is 0.200. The van der Waals surface area contributed by atoms with Gasteiger partial charge in [0.1, 0.15) is 0 Å². The molecule has 2 rings (SSSR count). The van der Waals surface area contributed by atoms with Crippen molar-refractivity contribution in [3.05, 3.63) is 58.1 Å². The van der Waals surface area contributed by atoms with Gasteiger partial charge < -0.3 is 9.47 Å². The third kappa shape index (κ3) is 3.06. The van der Waals surface area contributed by atoms with E-state index in [-0.39, 0.29) is 10.6 Å². The summed E-state index contributed by atoms with van der Waals surface area (Å²) >= 11 is 12.4. The lowest BCUT2D eigenvalue weighted by atomic mass is 10.0. The van der Waals surface area contributed by atoms with Crippen LogP contribution in [0.25, 0.3) is 0 Å². The summed E-state index contributed by atoms with van der Waals surface area (Å²) in [6.07, 6.45) is 0.